The van der Waals surface area contributed by atoms with Gasteiger partial charge in [-0.15, -0.1) is 11.3 Å². The molecular formula is C24H30N4O3S. The summed E-state index contributed by atoms with van der Waals surface area (Å²) in [6, 6.07) is 7.59. The molecule has 32 heavy (non-hydrogen) atoms. The van der Waals surface area contributed by atoms with Crippen molar-refractivity contribution in [3.8, 4) is 0 Å². The Bertz CT molecular complexity index is 1040. The van der Waals surface area contributed by atoms with Crippen molar-refractivity contribution in [1.82, 2.24) is 9.80 Å². The van der Waals surface area contributed by atoms with Gasteiger partial charge >= 0.3 is 0 Å². The van der Waals surface area contributed by atoms with E-state index < -0.39 is 5.91 Å². The fourth-order valence-corrected chi connectivity index (χ4v) is 5.87. The molecule has 4 rings (SSSR count). The highest BCUT2D eigenvalue weighted by molar-refractivity contribution is 7.17. The van der Waals surface area contributed by atoms with Gasteiger partial charge in [0.1, 0.15) is 5.00 Å². The molecule has 1 aliphatic carbocycles. The number of nitrogens with one attached hydrogen (secondary N) is 1. The van der Waals surface area contributed by atoms with Gasteiger partial charge in [-0.3, -0.25) is 19.3 Å². The Balaban J connectivity index is 1.33. The lowest BCUT2D eigenvalue weighted by atomic mass is 10.0. The molecule has 1 atom stereocenters. The number of anilines is 1. The van der Waals surface area contributed by atoms with Crippen LogP contribution in [0.4, 0.5) is 5.00 Å². The van der Waals surface area contributed by atoms with Gasteiger partial charge in [-0.2, -0.15) is 0 Å². The number of carbonyl (C=O) groups excluding carboxylic acids is 3. The molecule has 8 heteroatoms. The molecule has 3 amide bonds. The minimum absolute atomic E-state index is 0.121. The molecule has 1 unspecified atom stereocenters. The third-order valence-corrected chi connectivity index (χ3v) is 7.81. The van der Waals surface area contributed by atoms with Crippen LogP contribution in [0, 0.1) is 6.92 Å². The van der Waals surface area contributed by atoms with Crippen molar-refractivity contribution in [1.29, 1.82) is 0 Å². The number of aryl methyl sites for hydroxylation is 2. The topological polar surface area (TPSA) is 95.7 Å². The second-order valence-corrected chi connectivity index (χ2v) is 9.72. The van der Waals surface area contributed by atoms with Crippen LogP contribution in [-0.4, -0.2) is 59.7 Å². The van der Waals surface area contributed by atoms with E-state index in [-0.39, 0.29) is 17.9 Å². The number of hydrogen-bond donors (Lipinski definition) is 2. The normalized spacial score (nSPS) is 17.1. The second-order valence-electron chi connectivity index (χ2n) is 8.61. The van der Waals surface area contributed by atoms with Crippen molar-refractivity contribution in [2.45, 2.75) is 45.6 Å². The largest absolute Gasteiger partial charge is 0.365 e. The number of piperazine rings is 1. The van der Waals surface area contributed by atoms with Crippen LogP contribution in [0.1, 0.15) is 45.3 Å². The number of carbonyl (C=O) groups is 3. The number of rotatable bonds is 6. The summed E-state index contributed by atoms with van der Waals surface area (Å²) >= 11 is 1.47. The van der Waals surface area contributed by atoms with Gasteiger partial charge in [0.15, 0.2) is 0 Å². The Morgan fingerprint density at radius 1 is 1.12 bits per heavy atom. The van der Waals surface area contributed by atoms with Gasteiger partial charge in [-0.25, -0.2) is 0 Å². The third kappa shape index (κ3) is 4.56. The SMILES string of the molecule is Cc1ccccc1CC(=O)N1CCN(C(C)C(=O)Nc2sc3c(c2C(N)=O)CCC3)CC1. The number of hydrogen-bond acceptors (Lipinski definition) is 5. The predicted octanol–water partition coefficient (Wildman–Crippen LogP) is 2.36. The maximum absolute atomic E-state index is 12.9. The van der Waals surface area contributed by atoms with E-state index in [4.69, 9.17) is 5.73 Å². The average molecular weight is 455 g/mol. The zero-order chi connectivity index (χ0) is 22.8. The van der Waals surface area contributed by atoms with E-state index in [1.165, 1.54) is 11.3 Å². The molecule has 2 aliphatic rings. The van der Waals surface area contributed by atoms with Crippen LogP contribution in [-0.2, 0) is 28.9 Å². The van der Waals surface area contributed by atoms with E-state index in [0.717, 1.165) is 40.8 Å². The van der Waals surface area contributed by atoms with Crippen molar-refractivity contribution < 1.29 is 14.4 Å². The van der Waals surface area contributed by atoms with Crippen LogP contribution in [0.25, 0.3) is 0 Å². The number of amides is 3. The quantitative estimate of drug-likeness (QED) is 0.700. The molecule has 1 aliphatic heterocycles. The maximum Gasteiger partial charge on any atom is 0.251 e. The zero-order valence-electron chi connectivity index (χ0n) is 18.6. The lowest BCUT2D eigenvalue weighted by Gasteiger charge is -2.37. The highest BCUT2D eigenvalue weighted by atomic mass is 32.1. The van der Waals surface area contributed by atoms with E-state index in [0.29, 0.717) is 43.2 Å². The molecule has 2 heterocycles. The molecule has 7 nitrogen and oxygen atoms in total. The highest BCUT2D eigenvalue weighted by Gasteiger charge is 2.30. The molecule has 1 aromatic heterocycles. The first-order chi connectivity index (χ1) is 15.3. The van der Waals surface area contributed by atoms with Crippen molar-refractivity contribution in [3.63, 3.8) is 0 Å². The summed E-state index contributed by atoms with van der Waals surface area (Å²) in [7, 11) is 0. The Hall–Kier alpha value is -2.71. The lowest BCUT2D eigenvalue weighted by Crippen LogP contribution is -2.54. The van der Waals surface area contributed by atoms with Crippen molar-refractivity contribution in [3.05, 3.63) is 51.4 Å². The van der Waals surface area contributed by atoms with Crippen molar-refractivity contribution in [2.24, 2.45) is 5.73 Å². The molecule has 2 aromatic rings. The first kappa shape index (κ1) is 22.5. The summed E-state index contributed by atoms with van der Waals surface area (Å²) in [6.07, 6.45) is 3.21. The summed E-state index contributed by atoms with van der Waals surface area (Å²) < 4.78 is 0. The monoisotopic (exact) mass is 454 g/mol. The highest BCUT2D eigenvalue weighted by Crippen LogP contribution is 2.38. The van der Waals surface area contributed by atoms with Crippen LogP contribution in [0.3, 0.4) is 0 Å². The molecule has 1 aromatic carbocycles. The summed E-state index contributed by atoms with van der Waals surface area (Å²) in [6.45, 7) is 6.36. The summed E-state index contributed by atoms with van der Waals surface area (Å²) in [4.78, 5) is 42.7. The van der Waals surface area contributed by atoms with Crippen molar-refractivity contribution in [2.75, 3.05) is 31.5 Å². The summed E-state index contributed by atoms with van der Waals surface area (Å²) in [5, 5.41) is 3.52. The molecule has 0 spiro atoms. The van der Waals surface area contributed by atoms with Crippen LogP contribution in [0.15, 0.2) is 24.3 Å². The van der Waals surface area contributed by atoms with E-state index in [1.54, 1.807) is 0 Å². The smallest absolute Gasteiger partial charge is 0.251 e. The Morgan fingerprint density at radius 2 is 1.84 bits per heavy atom. The lowest BCUT2D eigenvalue weighted by molar-refractivity contribution is -0.133. The number of nitrogens with zero attached hydrogens (tertiary/aromatic N) is 2. The van der Waals surface area contributed by atoms with Crippen LogP contribution < -0.4 is 11.1 Å². The molecule has 3 N–H and O–H groups in total. The third-order valence-electron chi connectivity index (χ3n) is 6.60. The number of thiophene rings is 1. The molecular weight excluding hydrogens is 424 g/mol. The molecule has 1 fully saturated rings. The van der Waals surface area contributed by atoms with Gasteiger partial charge in [-0.1, -0.05) is 24.3 Å². The molecule has 1 saturated heterocycles. The number of primary amides is 1. The van der Waals surface area contributed by atoms with Crippen LogP contribution in [0.5, 0.6) is 0 Å². The standard InChI is InChI=1S/C24H30N4O3S/c1-15-6-3-4-7-17(15)14-20(29)28-12-10-27(11-13-28)16(2)23(31)26-24-21(22(25)30)18-8-5-9-19(18)32-24/h3-4,6-7,16H,5,8-14H2,1-2H3,(H2,25,30)(H,26,31). The minimum Gasteiger partial charge on any atom is -0.365 e. The first-order valence-corrected chi connectivity index (χ1v) is 12.0. The van der Waals surface area contributed by atoms with E-state index in [2.05, 4.69) is 10.2 Å². The second kappa shape index (κ2) is 9.42. The predicted molar refractivity (Wildman–Crippen MR) is 126 cm³/mol. The van der Waals surface area contributed by atoms with Crippen LogP contribution >= 0.6 is 11.3 Å². The van der Waals surface area contributed by atoms with E-state index in [1.807, 2.05) is 43.0 Å². The first-order valence-electron chi connectivity index (χ1n) is 11.2. The van der Waals surface area contributed by atoms with Gasteiger partial charge in [0.2, 0.25) is 11.8 Å². The number of benzene rings is 1. The molecule has 0 saturated carbocycles. The number of nitrogens with two attached hydrogens (primary N) is 1. The van der Waals surface area contributed by atoms with Gasteiger partial charge < -0.3 is 16.0 Å². The van der Waals surface area contributed by atoms with Gasteiger partial charge in [0.05, 0.1) is 18.0 Å². The van der Waals surface area contributed by atoms with Crippen LogP contribution in [0.2, 0.25) is 0 Å². The van der Waals surface area contributed by atoms with Crippen molar-refractivity contribution >= 4 is 34.1 Å². The molecule has 170 valence electrons. The molecule has 0 bridgehead atoms. The maximum atomic E-state index is 12.9. The number of fused-ring (bicyclic) bond motifs is 1. The zero-order valence-corrected chi connectivity index (χ0v) is 19.5. The Morgan fingerprint density at radius 3 is 2.53 bits per heavy atom. The molecule has 0 radical (unpaired) electrons. The fraction of sp³-hybridized carbons (Fsp3) is 0.458. The summed E-state index contributed by atoms with van der Waals surface area (Å²) in [5.41, 5.74) is 9.27. The fourth-order valence-electron chi connectivity index (χ4n) is 4.58. The minimum atomic E-state index is -0.479. The van der Waals surface area contributed by atoms with E-state index in [9.17, 15) is 14.4 Å². The Labute approximate surface area is 192 Å². The van der Waals surface area contributed by atoms with Gasteiger partial charge in [0.25, 0.3) is 5.91 Å². The summed E-state index contributed by atoms with van der Waals surface area (Å²) in [5.74, 6) is -0.504. The van der Waals surface area contributed by atoms with Gasteiger partial charge in [-0.05, 0) is 49.8 Å². The average Bonchev–Trinajstić information content (AvgIpc) is 3.35. The van der Waals surface area contributed by atoms with E-state index >= 15 is 0 Å². The van der Waals surface area contributed by atoms with Gasteiger partial charge in [0, 0.05) is 31.1 Å². The Kier molecular flexibility index (Phi) is 6.62.